The molecule has 0 radical (unpaired) electrons. The smallest absolute Gasteiger partial charge is 0.347 e. The van der Waals surface area contributed by atoms with Crippen molar-refractivity contribution in [2.75, 3.05) is 5.32 Å². The van der Waals surface area contributed by atoms with Crippen LogP contribution in [0.1, 0.15) is 49.4 Å². The van der Waals surface area contributed by atoms with Crippen LogP contribution in [0.2, 0.25) is 5.02 Å². The highest BCUT2D eigenvalue weighted by Gasteiger charge is 2.23. The Labute approximate surface area is 170 Å². The van der Waals surface area contributed by atoms with Gasteiger partial charge >= 0.3 is 5.97 Å². The molecule has 1 saturated carbocycles. The summed E-state index contributed by atoms with van der Waals surface area (Å²) in [7, 11) is 0. The average molecular weight is 402 g/mol. The standard InChI is InChI=1S/C22H24ClNO4/c1-15(22(26)28-19-5-3-2-4-6-19)27-20-13-7-16(8-14-20)21(25)24-18-11-9-17(23)10-12-18/h7-15,19H,2-6H2,1H3,(H,24,25)/t15-/m0/s1. The fourth-order valence-electron chi connectivity index (χ4n) is 3.12. The number of hydrogen-bond donors (Lipinski definition) is 1. The lowest BCUT2D eigenvalue weighted by Crippen LogP contribution is -2.31. The maximum Gasteiger partial charge on any atom is 0.347 e. The summed E-state index contributed by atoms with van der Waals surface area (Å²) in [4.78, 5) is 24.5. The highest BCUT2D eigenvalue weighted by Crippen LogP contribution is 2.22. The Morgan fingerprint density at radius 3 is 2.29 bits per heavy atom. The first-order chi connectivity index (χ1) is 13.5. The Morgan fingerprint density at radius 2 is 1.64 bits per heavy atom. The molecule has 0 bridgehead atoms. The van der Waals surface area contributed by atoms with Gasteiger partial charge in [-0.05, 0) is 81.1 Å². The van der Waals surface area contributed by atoms with Gasteiger partial charge in [0.1, 0.15) is 11.9 Å². The quantitative estimate of drug-likeness (QED) is 0.672. The SMILES string of the molecule is C[C@H](Oc1ccc(C(=O)Nc2ccc(Cl)cc2)cc1)C(=O)OC1CCCCC1. The monoisotopic (exact) mass is 401 g/mol. The highest BCUT2D eigenvalue weighted by molar-refractivity contribution is 6.30. The largest absolute Gasteiger partial charge is 0.479 e. The first-order valence-electron chi connectivity index (χ1n) is 9.55. The molecule has 2 aromatic rings. The molecule has 0 heterocycles. The second kappa shape index (κ2) is 9.60. The van der Waals surface area contributed by atoms with Crippen molar-refractivity contribution >= 4 is 29.2 Å². The number of rotatable bonds is 6. The van der Waals surface area contributed by atoms with Gasteiger partial charge < -0.3 is 14.8 Å². The number of hydrogen-bond acceptors (Lipinski definition) is 4. The molecule has 0 aliphatic heterocycles. The van der Waals surface area contributed by atoms with E-state index in [4.69, 9.17) is 21.1 Å². The van der Waals surface area contributed by atoms with Crippen LogP contribution in [0.25, 0.3) is 0 Å². The predicted molar refractivity (Wildman–Crippen MR) is 109 cm³/mol. The fraction of sp³-hybridized carbons (Fsp3) is 0.364. The van der Waals surface area contributed by atoms with Crippen LogP contribution in [0.5, 0.6) is 5.75 Å². The summed E-state index contributed by atoms with van der Waals surface area (Å²) < 4.78 is 11.2. The molecule has 28 heavy (non-hydrogen) atoms. The molecule has 0 unspecified atom stereocenters. The molecule has 5 nitrogen and oxygen atoms in total. The zero-order chi connectivity index (χ0) is 19.9. The Hall–Kier alpha value is -2.53. The van der Waals surface area contributed by atoms with Gasteiger partial charge in [-0.15, -0.1) is 0 Å². The van der Waals surface area contributed by atoms with E-state index in [1.807, 2.05) is 0 Å². The molecule has 2 aromatic carbocycles. The summed E-state index contributed by atoms with van der Waals surface area (Å²) in [5, 5.41) is 3.40. The minimum atomic E-state index is -0.698. The van der Waals surface area contributed by atoms with Gasteiger partial charge in [-0.3, -0.25) is 4.79 Å². The number of carbonyl (C=O) groups is 2. The number of carbonyl (C=O) groups excluding carboxylic acids is 2. The normalized spacial score (nSPS) is 15.5. The molecule has 1 atom stereocenters. The predicted octanol–water partition coefficient (Wildman–Crippen LogP) is 5.24. The van der Waals surface area contributed by atoms with Crippen molar-refractivity contribution in [3.05, 3.63) is 59.1 Å². The zero-order valence-corrected chi connectivity index (χ0v) is 16.6. The first kappa shape index (κ1) is 20.2. The molecular formula is C22H24ClNO4. The molecule has 1 N–H and O–H groups in total. The van der Waals surface area contributed by atoms with E-state index in [1.165, 1.54) is 6.42 Å². The zero-order valence-electron chi connectivity index (χ0n) is 15.8. The van der Waals surface area contributed by atoms with Crippen LogP contribution in [0.4, 0.5) is 5.69 Å². The fourth-order valence-corrected chi connectivity index (χ4v) is 3.24. The molecule has 6 heteroatoms. The maximum absolute atomic E-state index is 12.3. The third-order valence-corrected chi connectivity index (χ3v) is 4.95. The average Bonchev–Trinajstić information content (AvgIpc) is 2.71. The van der Waals surface area contributed by atoms with Crippen LogP contribution < -0.4 is 10.1 Å². The van der Waals surface area contributed by atoms with E-state index in [-0.39, 0.29) is 18.0 Å². The van der Waals surface area contributed by atoms with Gasteiger partial charge in [0.2, 0.25) is 0 Å². The van der Waals surface area contributed by atoms with E-state index >= 15 is 0 Å². The lowest BCUT2D eigenvalue weighted by molar-refractivity contribution is -0.158. The second-order valence-corrected chi connectivity index (χ2v) is 7.38. The van der Waals surface area contributed by atoms with Crippen molar-refractivity contribution in [2.45, 2.75) is 51.2 Å². The lowest BCUT2D eigenvalue weighted by Gasteiger charge is -2.23. The van der Waals surface area contributed by atoms with E-state index in [2.05, 4.69) is 5.32 Å². The molecule has 1 amide bonds. The van der Waals surface area contributed by atoms with Gasteiger partial charge in [0, 0.05) is 16.3 Å². The number of anilines is 1. The van der Waals surface area contributed by atoms with E-state index < -0.39 is 6.10 Å². The Bertz CT molecular complexity index is 798. The van der Waals surface area contributed by atoms with Crippen molar-refractivity contribution < 1.29 is 19.1 Å². The topological polar surface area (TPSA) is 64.6 Å². The van der Waals surface area contributed by atoms with E-state index in [0.717, 1.165) is 25.7 Å². The first-order valence-corrected chi connectivity index (χ1v) is 9.93. The summed E-state index contributed by atoms with van der Waals surface area (Å²) in [6.07, 6.45) is 4.57. The van der Waals surface area contributed by atoms with E-state index in [0.29, 0.717) is 22.0 Å². The molecule has 148 valence electrons. The summed E-state index contributed by atoms with van der Waals surface area (Å²) in [5.74, 6) is -0.0776. The van der Waals surface area contributed by atoms with E-state index in [9.17, 15) is 9.59 Å². The van der Waals surface area contributed by atoms with Crippen LogP contribution in [-0.4, -0.2) is 24.1 Å². The number of ether oxygens (including phenoxy) is 2. The van der Waals surface area contributed by atoms with Crippen LogP contribution in [0.3, 0.4) is 0 Å². The Balaban J connectivity index is 1.52. The minimum Gasteiger partial charge on any atom is -0.479 e. The number of esters is 1. The summed E-state index contributed by atoms with van der Waals surface area (Å²) >= 11 is 5.84. The van der Waals surface area contributed by atoms with Crippen LogP contribution in [0, 0.1) is 0 Å². The molecule has 0 spiro atoms. The van der Waals surface area contributed by atoms with Crippen molar-refractivity contribution in [1.82, 2.24) is 0 Å². The second-order valence-electron chi connectivity index (χ2n) is 6.94. The van der Waals surface area contributed by atoms with Gasteiger partial charge in [-0.2, -0.15) is 0 Å². The number of nitrogens with one attached hydrogen (secondary N) is 1. The molecule has 1 fully saturated rings. The Morgan fingerprint density at radius 1 is 1.00 bits per heavy atom. The number of halogens is 1. The maximum atomic E-state index is 12.3. The molecule has 1 aliphatic rings. The van der Waals surface area contributed by atoms with Crippen molar-refractivity contribution in [3.63, 3.8) is 0 Å². The summed E-state index contributed by atoms with van der Waals surface area (Å²) in [6.45, 7) is 1.67. The molecule has 0 saturated heterocycles. The third kappa shape index (κ3) is 5.73. The third-order valence-electron chi connectivity index (χ3n) is 4.70. The highest BCUT2D eigenvalue weighted by atomic mass is 35.5. The van der Waals surface area contributed by atoms with Crippen LogP contribution >= 0.6 is 11.6 Å². The summed E-state index contributed by atoms with van der Waals surface area (Å²) in [5.41, 5.74) is 1.15. The van der Waals surface area contributed by atoms with Crippen molar-refractivity contribution in [3.8, 4) is 5.75 Å². The molecule has 3 rings (SSSR count). The van der Waals surface area contributed by atoms with Gasteiger partial charge in [0.25, 0.3) is 5.91 Å². The van der Waals surface area contributed by atoms with Gasteiger partial charge in [-0.25, -0.2) is 4.79 Å². The summed E-state index contributed by atoms with van der Waals surface area (Å²) in [6, 6.07) is 13.5. The van der Waals surface area contributed by atoms with Gasteiger partial charge in [0.15, 0.2) is 6.10 Å². The lowest BCUT2D eigenvalue weighted by atomic mass is 9.98. The van der Waals surface area contributed by atoms with Crippen LogP contribution in [0.15, 0.2) is 48.5 Å². The van der Waals surface area contributed by atoms with Crippen molar-refractivity contribution in [2.24, 2.45) is 0 Å². The number of benzene rings is 2. The number of amides is 1. The van der Waals surface area contributed by atoms with Crippen LogP contribution in [-0.2, 0) is 9.53 Å². The molecule has 0 aromatic heterocycles. The van der Waals surface area contributed by atoms with Gasteiger partial charge in [-0.1, -0.05) is 18.0 Å². The Kier molecular flexibility index (Phi) is 6.93. The minimum absolute atomic E-state index is 0.00578. The molecule has 1 aliphatic carbocycles. The van der Waals surface area contributed by atoms with Crippen molar-refractivity contribution in [1.29, 1.82) is 0 Å². The van der Waals surface area contributed by atoms with E-state index in [1.54, 1.807) is 55.5 Å². The van der Waals surface area contributed by atoms with Gasteiger partial charge in [0.05, 0.1) is 0 Å². The molecular weight excluding hydrogens is 378 g/mol.